The van der Waals surface area contributed by atoms with E-state index < -0.39 is 17.7 Å². The fourth-order valence-electron chi connectivity index (χ4n) is 4.81. The average Bonchev–Trinajstić information content (AvgIpc) is 3.15. The van der Waals surface area contributed by atoms with Crippen molar-refractivity contribution in [3.8, 4) is 17.2 Å². The third kappa shape index (κ3) is 5.19. The number of Topliss-reactive ketones (excluding diaryl/α,β-unsaturated/α-hetero) is 1. The summed E-state index contributed by atoms with van der Waals surface area (Å²) in [6.07, 6.45) is 0. The minimum atomic E-state index is -1.01. The van der Waals surface area contributed by atoms with E-state index >= 15 is 0 Å². The number of aryl methyl sites for hydroxylation is 1. The molecule has 0 aromatic heterocycles. The van der Waals surface area contributed by atoms with Gasteiger partial charge in [0.2, 0.25) is 0 Å². The Hall–Kier alpha value is -3.97. The number of ketones is 1. The van der Waals surface area contributed by atoms with Crippen molar-refractivity contribution in [2.24, 2.45) is 0 Å². The fraction of sp³-hybridized carbons (Fsp3) is 0.290. The molecule has 1 fully saturated rings. The lowest BCUT2D eigenvalue weighted by Gasteiger charge is -2.27. The van der Waals surface area contributed by atoms with Gasteiger partial charge in [0.15, 0.2) is 11.5 Å². The van der Waals surface area contributed by atoms with Crippen LogP contribution in [0.4, 0.5) is 5.69 Å². The molecule has 39 heavy (non-hydrogen) atoms. The van der Waals surface area contributed by atoms with Gasteiger partial charge in [0.05, 0.1) is 25.3 Å². The molecule has 1 atom stereocenters. The first kappa shape index (κ1) is 28.0. The highest BCUT2D eigenvalue weighted by Crippen LogP contribution is 2.46. The molecule has 1 aliphatic rings. The van der Waals surface area contributed by atoms with Gasteiger partial charge in [0.25, 0.3) is 11.7 Å². The summed E-state index contributed by atoms with van der Waals surface area (Å²) in [5.41, 5.74) is 2.41. The predicted molar refractivity (Wildman–Crippen MR) is 152 cm³/mol. The third-order valence-electron chi connectivity index (χ3n) is 6.76. The van der Waals surface area contributed by atoms with Crippen LogP contribution in [0.15, 0.2) is 60.2 Å². The van der Waals surface area contributed by atoms with E-state index in [-0.39, 0.29) is 28.2 Å². The highest BCUT2D eigenvalue weighted by Gasteiger charge is 2.47. The number of aromatic hydroxyl groups is 1. The van der Waals surface area contributed by atoms with Crippen LogP contribution >= 0.6 is 11.6 Å². The summed E-state index contributed by atoms with van der Waals surface area (Å²) in [4.78, 5) is 28.5. The zero-order valence-electron chi connectivity index (χ0n) is 22.8. The van der Waals surface area contributed by atoms with Crippen LogP contribution in [0.5, 0.6) is 17.2 Å². The molecule has 7 nitrogen and oxygen atoms in total. The van der Waals surface area contributed by atoms with Gasteiger partial charge in [-0.3, -0.25) is 14.5 Å². The number of amides is 1. The second-order valence-corrected chi connectivity index (χ2v) is 10.9. The van der Waals surface area contributed by atoms with Crippen LogP contribution in [0.25, 0.3) is 5.76 Å². The summed E-state index contributed by atoms with van der Waals surface area (Å²) >= 11 is 6.29. The van der Waals surface area contributed by atoms with Crippen LogP contribution < -0.4 is 14.4 Å². The average molecular weight is 550 g/mol. The summed E-state index contributed by atoms with van der Waals surface area (Å²) in [6, 6.07) is 13.8. The fourth-order valence-corrected chi connectivity index (χ4v) is 4.97. The van der Waals surface area contributed by atoms with Crippen molar-refractivity contribution in [3.63, 3.8) is 0 Å². The number of rotatable bonds is 6. The van der Waals surface area contributed by atoms with Gasteiger partial charge >= 0.3 is 0 Å². The molecule has 204 valence electrons. The topological polar surface area (TPSA) is 96.3 Å². The maximum absolute atomic E-state index is 13.6. The normalized spacial score (nSPS) is 17.0. The quantitative estimate of drug-likeness (QED) is 0.202. The molecule has 0 saturated carbocycles. The number of hydrogen-bond donors (Lipinski definition) is 2. The van der Waals surface area contributed by atoms with E-state index in [2.05, 4.69) is 0 Å². The Morgan fingerprint density at radius 3 is 2.38 bits per heavy atom. The van der Waals surface area contributed by atoms with E-state index in [1.165, 1.54) is 11.0 Å². The van der Waals surface area contributed by atoms with Crippen molar-refractivity contribution >= 4 is 34.7 Å². The Morgan fingerprint density at radius 2 is 1.74 bits per heavy atom. The molecule has 0 spiro atoms. The van der Waals surface area contributed by atoms with E-state index in [4.69, 9.17) is 21.1 Å². The van der Waals surface area contributed by atoms with Gasteiger partial charge in [-0.1, -0.05) is 44.5 Å². The van der Waals surface area contributed by atoms with Gasteiger partial charge in [-0.15, -0.1) is 0 Å². The highest BCUT2D eigenvalue weighted by molar-refractivity contribution is 6.52. The maximum Gasteiger partial charge on any atom is 0.300 e. The van der Waals surface area contributed by atoms with E-state index in [1.54, 1.807) is 62.6 Å². The number of carbonyl (C=O) groups is 2. The van der Waals surface area contributed by atoms with Crippen LogP contribution in [0.1, 0.15) is 56.0 Å². The van der Waals surface area contributed by atoms with Gasteiger partial charge in [-0.25, -0.2) is 0 Å². The van der Waals surface area contributed by atoms with Gasteiger partial charge < -0.3 is 19.7 Å². The lowest BCUT2D eigenvalue weighted by atomic mass is 9.84. The standard InChI is InChI=1S/C31H32ClNO6/c1-7-39-25-15-18(9-12-23(25)34)27-26(28(35)19-10-13-24(38-6)21(14-19)31(3,4)5)29(36)30(37)33(27)22-16-20(32)11-8-17(22)2/h8-16,27,34-35H,7H2,1-6H3/b28-26+. The van der Waals surface area contributed by atoms with E-state index in [0.29, 0.717) is 34.2 Å². The molecule has 2 N–H and O–H groups in total. The monoisotopic (exact) mass is 549 g/mol. The van der Waals surface area contributed by atoms with Crippen LogP contribution in [-0.2, 0) is 15.0 Å². The summed E-state index contributed by atoms with van der Waals surface area (Å²) in [6.45, 7) is 9.93. The highest BCUT2D eigenvalue weighted by atomic mass is 35.5. The molecule has 0 bridgehead atoms. The van der Waals surface area contributed by atoms with Gasteiger partial charge in [0, 0.05) is 21.8 Å². The summed E-state index contributed by atoms with van der Waals surface area (Å²) in [5, 5.41) is 22.4. The Bertz CT molecular complexity index is 1490. The molecule has 8 heteroatoms. The molecule has 1 heterocycles. The van der Waals surface area contributed by atoms with Crippen molar-refractivity contribution < 1.29 is 29.3 Å². The molecular formula is C31H32ClNO6. The lowest BCUT2D eigenvalue weighted by molar-refractivity contribution is -0.132. The Labute approximate surface area is 233 Å². The van der Waals surface area contributed by atoms with Crippen molar-refractivity contribution in [1.82, 2.24) is 0 Å². The number of halogens is 1. The molecule has 0 aliphatic carbocycles. The number of carbonyl (C=O) groups excluding carboxylic acids is 2. The summed E-state index contributed by atoms with van der Waals surface area (Å²) < 4.78 is 11.1. The third-order valence-corrected chi connectivity index (χ3v) is 6.99. The molecule has 1 amide bonds. The number of phenolic OH excluding ortho intramolecular Hbond substituents is 1. The molecule has 3 aromatic rings. The zero-order valence-corrected chi connectivity index (χ0v) is 23.6. The van der Waals surface area contributed by atoms with Gasteiger partial charge in [-0.05, 0) is 72.9 Å². The Morgan fingerprint density at radius 1 is 1.03 bits per heavy atom. The first-order valence-electron chi connectivity index (χ1n) is 12.6. The SMILES string of the molecule is CCOc1cc(C2/C(=C(\O)c3ccc(OC)c(C(C)(C)C)c3)C(=O)C(=O)N2c2cc(Cl)ccc2C)ccc1O. The second-order valence-electron chi connectivity index (χ2n) is 10.4. The first-order chi connectivity index (χ1) is 18.4. The van der Waals surface area contributed by atoms with Crippen molar-refractivity contribution in [2.75, 3.05) is 18.6 Å². The van der Waals surface area contributed by atoms with Crippen LogP contribution in [-0.4, -0.2) is 35.6 Å². The molecular weight excluding hydrogens is 518 g/mol. The number of methoxy groups -OCH3 is 1. The first-order valence-corrected chi connectivity index (χ1v) is 13.0. The second kappa shape index (κ2) is 10.7. The number of hydrogen-bond acceptors (Lipinski definition) is 6. The summed E-state index contributed by atoms with van der Waals surface area (Å²) in [5.74, 6) is -1.20. The number of aliphatic hydroxyl groups is 1. The smallest absolute Gasteiger partial charge is 0.300 e. The number of phenols is 1. The molecule has 1 aliphatic heterocycles. The summed E-state index contributed by atoms with van der Waals surface area (Å²) in [7, 11) is 1.57. The van der Waals surface area contributed by atoms with E-state index in [1.807, 2.05) is 27.7 Å². The van der Waals surface area contributed by atoms with E-state index in [9.17, 15) is 19.8 Å². The van der Waals surface area contributed by atoms with Crippen LogP contribution in [0, 0.1) is 6.92 Å². The van der Waals surface area contributed by atoms with E-state index in [0.717, 1.165) is 11.1 Å². The minimum Gasteiger partial charge on any atom is -0.507 e. The molecule has 1 unspecified atom stereocenters. The van der Waals surface area contributed by atoms with Gasteiger partial charge in [-0.2, -0.15) is 0 Å². The molecule has 4 rings (SSSR count). The number of nitrogens with zero attached hydrogens (tertiary/aromatic N) is 1. The maximum atomic E-state index is 13.6. The minimum absolute atomic E-state index is 0.0820. The van der Waals surface area contributed by atoms with Crippen molar-refractivity contribution in [1.29, 1.82) is 0 Å². The van der Waals surface area contributed by atoms with Gasteiger partial charge in [0.1, 0.15) is 11.5 Å². The number of anilines is 1. The largest absolute Gasteiger partial charge is 0.507 e. The van der Waals surface area contributed by atoms with Crippen LogP contribution in [0.3, 0.4) is 0 Å². The van der Waals surface area contributed by atoms with Crippen LogP contribution in [0.2, 0.25) is 5.02 Å². The Kier molecular flexibility index (Phi) is 7.66. The van der Waals surface area contributed by atoms with Crippen molar-refractivity contribution in [2.45, 2.75) is 46.1 Å². The number of aliphatic hydroxyl groups excluding tert-OH is 1. The zero-order chi connectivity index (χ0) is 28.6. The Balaban J connectivity index is 2.01. The predicted octanol–water partition coefficient (Wildman–Crippen LogP) is 6.69. The molecule has 3 aromatic carbocycles. The number of benzene rings is 3. The molecule has 0 radical (unpaired) electrons. The van der Waals surface area contributed by atoms with Crippen molar-refractivity contribution in [3.05, 3.63) is 87.4 Å². The number of ether oxygens (including phenoxy) is 2. The molecule has 1 saturated heterocycles. The lowest BCUT2D eigenvalue weighted by Crippen LogP contribution is -2.30.